The molecule has 0 saturated carbocycles. The Balaban J connectivity index is 2.70. The molecule has 0 aliphatic heterocycles. The first-order chi connectivity index (χ1) is 8.19. The highest BCUT2D eigenvalue weighted by Gasteiger charge is 2.10. The zero-order valence-corrected chi connectivity index (χ0v) is 9.39. The van der Waals surface area contributed by atoms with Gasteiger partial charge in [0.25, 0.3) is 0 Å². The molecule has 0 radical (unpaired) electrons. The van der Waals surface area contributed by atoms with Crippen LogP contribution in [0.1, 0.15) is 17.2 Å². The van der Waals surface area contributed by atoms with Gasteiger partial charge >= 0.3 is 0 Å². The zero-order chi connectivity index (χ0) is 12.7. The van der Waals surface area contributed by atoms with Crippen LogP contribution in [0.15, 0.2) is 23.3 Å². The van der Waals surface area contributed by atoms with Gasteiger partial charge in [-0.3, -0.25) is 5.32 Å². The SMILES string of the molecule is Cc1ccc(C(C#N)NCCN=[N+]=[N-])cc1F. The summed E-state index contributed by atoms with van der Waals surface area (Å²) < 4.78 is 13.3. The third-order valence-electron chi connectivity index (χ3n) is 2.28. The van der Waals surface area contributed by atoms with Gasteiger partial charge in [0, 0.05) is 18.0 Å². The maximum Gasteiger partial charge on any atom is 0.126 e. The van der Waals surface area contributed by atoms with Crippen molar-refractivity contribution in [1.82, 2.24) is 5.32 Å². The molecule has 1 unspecified atom stereocenters. The molecule has 17 heavy (non-hydrogen) atoms. The van der Waals surface area contributed by atoms with Crippen LogP contribution in [0.5, 0.6) is 0 Å². The molecule has 0 aromatic heterocycles. The van der Waals surface area contributed by atoms with Gasteiger partial charge in [0.1, 0.15) is 11.9 Å². The van der Waals surface area contributed by atoms with Crippen LogP contribution in [0, 0.1) is 24.1 Å². The first-order valence-electron chi connectivity index (χ1n) is 5.09. The summed E-state index contributed by atoms with van der Waals surface area (Å²) in [6, 6.07) is 6.10. The number of benzene rings is 1. The number of aryl methyl sites for hydroxylation is 1. The van der Waals surface area contributed by atoms with E-state index >= 15 is 0 Å². The maximum atomic E-state index is 13.3. The lowest BCUT2D eigenvalue weighted by Crippen LogP contribution is -2.22. The molecule has 1 rings (SSSR count). The molecular formula is C11H12FN5. The van der Waals surface area contributed by atoms with Crippen molar-refractivity contribution in [1.29, 1.82) is 5.26 Å². The van der Waals surface area contributed by atoms with Crippen molar-refractivity contribution >= 4 is 0 Å². The molecule has 0 aliphatic rings. The summed E-state index contributed by atoms with van der Waals surface area (Å²) in [5.74, 6) is -0.334. The van der Waals surface area contributed by atoms with E-state index in [0.717, 1.165) is 0 Å². The van der Waals surface area contributed by atoms with Crippen LogP contribution in [0.4, 0.5) is 4.39 Å². The van der Waals surface area contributed by atoms with Crippen LogP contribution in [-0.4, -0.2) is 13.1 Å². The summed E-state index contributed by atoms with van der Waals surface area (Å²) in [4.78, 5) is 2.60. The Morgan fingerprint density at radius 1 is 1.65 bits per heavy atom. The Morgan fingerprint density at radius 2 is 2.41 bits per heavy atom. The third-order valence-corrected chi connectivity index (χ3v) is 2.28. The lowest BCUT2D eigenvalue weighted by atomic mass is 10.1. The van der Waals surface area contributed by atoms with Crippen molar-refractivity contribution in [2.75, 3.05) is 13.1 Å². The zero-order valence-electron chi connectivity index (χ0n) is 9.39. The fourth-order valence-corrected chi connectivity index (χ4v) is 1.33. The van der Waals surface area contributed by atoms with Gasteiger partial charge in [0.2, 0.25) is 0 Å². The Labute approximate surface area is 98.5 Å². The number of hydrogen-bond donors (Lipinski definition) is 1. The van der Waals surface area contributed by atoms with Gasteiger partial charge in [-0.1, -0.05) is 17.2 Å². The minimum absolute atomic E-state index is 0.253. The van der Waals surface area contributed by atoms with Gasteiger partial charge in [0.05, 0.1) is 6.07 Å². The summed E-state index contributed by atoms with van der Waals surface area (Å²) >= 11 is 0. The summed E-state index contributed by atoms with van der Waals surface area (Å²) in [5.41, 5.74) is 9.20. The van der Waals surface area contributed by atoms with Crippen molar-refractivity contribution in [2.45, 2.75) is 13.0 Å². The normalized spacial score (nSPS) is 11.4. The van der Waals surface area contributed by atoms with E-state index in [9.17, 15) is 4.39 Å². The molecule has 1 aromatic carbocycles. The summed E-state index contributed by atoms with van der Waals surface area (Å²) in [5, 5.41) is 15.2. The van der Waals surface area contributed by atoms with Crippen molar-refractivity contribution in [2.24, 2.45) is 5.11 Å². The highest BCUT2D eigenvalue weighted by Crippen LogP contribution is 2.15. The average Bonchev–Trinajstić information content (AvgIpc) is 2.33. The number of nitrogens with zero attached hydrogens (tertiary/aromatic N) is 4. The predicted molar refractivity (Wildman–Crippen MR) is 61.5 cm³/mol. The summed E-state index contributed by atoms with van der Waals surface area (Å²) in [6.07, 6.45) is 0. The van der Waals surface area contributed by atoms with E-state index in [1.54, 1.807) is 19.1 Å². The van der Waals surface area contributed by atoms with Crippen molar-refractivity contribution in [3.63, 3.8) is 0 Å². The molecule has 1 aromatic rings. The lowest BCUT2D eigenvalue weighted by molar-refractivity contribution is 0.600. The first-order valence-corrected chi connectivity index (χ1v) is 5.09. The number of azide groups is 1. The lowest BCUT2D eigenvalue weighted by Gasteiger charge is -2.11. The van der Waals surface area contributed by atoms with E-state index in [0.29, 0.717) is 17.7 Å². The van der Waals surface area contributed by atoms with Gasteiger partial charge < -0.3 is 0 Å². The molecule has 6 heteroatoms. The van der Waals surface area contributed by atoms with E-state index < -0.39 is 6.04 Å². The van der Waals surface area contributed by atoms with Gasteiger partial charge in [0.15, 0.2) is 0 Å². The largest absolute Gasteiger partial charge is 0.298 e. The van der Waals surface area contributed by atoms with Gasteiger partial charge in [-0.25, -0.2) is 4.39 Å². The monoisotopic (exact) mass is 233 g/mol. The quantitative estimate of drug-likeness (QED) is 0.367. The molecule has 0 amide bonds. The minimum Gasteiger partial charge on any atom is -0.298 e. The van der Waals surface area contributed by atoms with E-state index in [2.05, 4.69) is 15.3 Å². The molecule has 0 bridgehead atoms. The number of halogens is 1. The van der Waals surface area contributed by atoms with E-state index in [1.807, 2.05) is 6.07 Å². The Kier molecular flexibility index (Phi) is 4.95. The van der Waals surface area contributed by atoms with E-state index in [4.69, 9.17) is 10.8 Å². The van der Waals surface area contributed by atoms with Crippen LogP contribution in [0.3, 0.4) is 0 Å². The van der Waals surface area contributed by atoms with Gasteiger partial charge in [-0.05, 0) is 29.6 Å². The molecule has 5 nitrogen and oxygen atoms in total. The van der Waals surface area contributed by atoms with E-state index in [-0.39, 0.29) is 12.4 Å². The molecule has 1 atom stereocenters. The standard InChI is InChI=1S/C11H12FN5/c1-8-2-3-9(6-10(8)12)11(7-13)15-4-5-16-17-14/h2-3,6,11,15H,4-5H2,1H3. The second kappa shape index (κ2) is 6.48. The second-order valence-corrected chi connectivity index (χ2v) is 3.48. The van der Waals surface area contributed by atoms with Crippen LogP contribution >= 0.6 is 0 Å². The molecular weight excluding hydrogens is 221 g/mol. The molecule has 0 heterocycles. The van der Waals surface area contributed by atoms with Crippen molar-refractivity contribution < 1.29 is 4.39 Å². The molecule has 0 aliphatic carbocycles. The van der Waals surface area contributed by atoms with Crippen LogP contribution in [0.25, 0.3) is 10.4 Å². The fourth-order valence-electron chi connectivity index (χ4n) is 1.33. The second-order valence-electron chi connectivity index (χ2n) is 3.48. The van der Waals surface area contributed by atoms with Crippen LogP contribution in [0.2, 0.25) is 0 Å². The fraction of sp³-hybridized carbons (Fsp3) is 0.364. The molecule has 0 saturated heterocycles. The molecule has 88 valence electrons. The molecule has 0 fully saturated rings. The molecule has 1 N–H and O–H groups in total. The number of rotatable bonds is 5. The Hall–Kier alpha value is -2.09. The van der Waals surface area contributed by atoms with Crippen molar-refractivity contribution in [3.05, 3.63) is 45.6 Å². The Morgan fingerprint density at radius 3 is 3.00 bits per heavy atom. The average molecular weight is 233 g/mol. The number of nitriles is 1. The van der Waals surface area contributed by atoms with Crippen molar-refractivity contribution in [3.8, 4) is 6.07 Å². The predicted octanol–water partition coefficient (Wildman–Crippen LogP) is 2.60. The maximum absolute atomic E-state index is 13.3. The highest BCUT2D eigenvalue weighted by molar-refractivity contribution is 5.28. The number of hydrogen-bond acceptors (Lipinski definition) is 3. The van der Waals surface area contributed by atoms with Gasteiger partial charge in [-0.15, -0.1) is 0 Å². The third kappa shape index (κ3) is 3.76. The minimum atomic E-state index is -0.598. The Bertz CT molecular complexity index is 473. The summed E-state index contributed by atoms with van der Waals surface area (Å²) in [7, 11) is 0. The van der Waals surface area contributed by atoms with Gasteiger partial charge in [-0.2, -0.15) is 5.26 Å². The topological polar surface area (TPSA) is 84.6 Å². The smallest absolute Gasteiger partial charge is 0.126 e. The van der Waals surface area contributed by atoms with Crippen LogP contribution in [-0.2, 0) is 0 Å². The highest BCUT2D eigenvalue weighted by atomic mass is 19.1. The first kappa shape index (κ1) is 13.0. The number of nitrogens with one attached hydrogen (secondary N) is 1. The summed E-state index contributed by atoms with van der Waals surface area (Å²) in [6.45, 7) is 2.29. The van der Waals surface area contributed by atoms with E-state index in [1.165, 1.54) is 6.07 Å². The van der Waals surface area contributed by atoms with Crippen LogP contribution < -0.4 is 5.32 Å². The molecule has 0 spiro atoms.